The van der Waals surface area contributed by atoms with Crippen molar-refractivity contribution in [3.8, 4) is 0 Å². The summed E-state index contributed by atoms with van der Waals surface area (Å²) in [5, 5.41) is 9.23. The molecule has 0 spiro atoms. The molecular formula is C9H15BrO. The van der Waals surface area contributed by atoms with Crippen LogP contribution in [0.25, 0.3) is 0 Å². The number of aliphatic hydroxyl groups excluding tert-OH is 1. The van der Waals surface area contributed by atoms with Gasteiger partial charge in [-0.1, -0.05) is 15.9 Å². The summed E-state index contributed by atoms with van der Waals surface area (Å²) in [7, 11) is 0. The fourth-order valence-electron chi connectivity index (χ4n) is 2.45. The van der Waals surface area contributed by atoms with E-state index in [-0.39, 0.29) is 0 Å². The van der Waals surface area contributed by atoms with Crippen molar-refractivity contribution >= 4 is 15.9 Å². The first-order valence-electron chi connectivity index (χ1n) is 4.48. The molecule has 0 saturated heterocycles. The topological polar surface area (TPSA) is 20.2 Å². The molecule has 0 heterocycles. The summed E-state index contributed by atoms with van der Waals surface area (Å²) in [6, 6.07) is 0. The van der Waals surface area contributed by atoms with Crippen molar-refractivity contribution in [3.63, 3.8) is 0 Å². The van der Waals surface area contributed by atoms with Crippen LogP contribution in [0.2, 0.25) is 0 Å². The molecule has 0 aliphatic heterocycles. The summed E-state index contributed by atoms with van der Waals surface area (Å²) in [4.78, 5) is 0. The van der Waals surface area contributed by atoms with Crippen LogP contribution in [0.15, 0.2) is 0 Å². The second kappa shape index (κ2) is 2.46. The molecule has 1 nitrogen and oxygen atoms in total. The molecule has 3 rings (SSSR count). The van der Waals surface area contributed by atoms with E-state index in [0.717, 1.165) is 0 Å². The second-order valence-corrected chi connectivity index (χ2v) is 5.99. The number of halogens is 1. The van der Waals surface area contributed by atoms with E-state index in [2.05, 4.69) is 15.9 Å². The van der Waals surface area contributed by atoms with Crippen LogP contribution >= 0.6 is 15.9 Å². The number of hydrogen-bond acceptors (Lipinski definition) is 1. The van der Waals surface area contributed by atoms with Gasteiger partial charge in [-0.05, 0) is 43.9 Å². The van der Waals surface area contributed by atoms with Crippen LogP contribution in [0.4, 0.5) is 0 Å². The van der Waals surface area contributed by atoms with E-state index in [1.165, 1.54) is 38.5 Å². The molecule has 0 aromatic rings. The first-order chi connectivity index (χ1) is 5.18. The molecule has 0 unspecified atom stereocenters. The Labute approximate surface area is 76.3 Å². The molecule has 0 aromatic heterocycles. The Kier molecular flexibility index (Phi) is 1.80. The number of alkyl halides is 1. The first kappa shape index (κ1) is 8.06. The monoisotopic (exact) mass is 218 g/mol. The minimum absolute atomic E-state index is 0.329. The minimum atomic E-state index is 0.329. The normalized spacial score (nSPS) is 49.6. The Morgan fingerprint density at radius 1 is 1.00 bits per heavy atom. The fourth-order valence-corrected chi connectivity index (χ4v) is 3.05. The van der Waals surface area contributed by atoms with Crippen LogP contribution in [-0.2, 0) is 0 Å². The zero-order valence-corrected chi connectivity index (χ0v) is 8.36. The summed E-state index contributed by atoms with van der Waals surface area (Å²) >= 11 is 3.80. The lowest BCUT2D eigenvalue weighted by Gasteiger charge is -2.50. The molecule has 0 radical (unpaired) electrons. The highest BCUT2D eigenvalue weighted by atomic mass is 79.9. The molecule has 2 heteroatoms. The number of aliphatic hydroxyl groups is 1. The van der Waals surface area contributed by atoms with Gasteiger partial charge in [-0.15, -0.1) is 0 Å². The average molecular weight is 219 g/mol. The van der Waals surface area contributed by atoms with E-state index in [1.54, 1.807) is 0 Å². The van der Waals surface area contributed by atoms with Crippen molar-refractivity contribution in [1.82, 2.24) is 0 Å². The summed E-state index contributed by atoms with van der Waals surface area (Å²) in [6.45, 7) is 0.413. The highest BCUT2D eigenvalue weighted by molar-refractivity contribution is 9.10. The van der Waals surface area contributed by atoms with Crippen molar-refractivity contribution in [2.75, 3.05) is 6.61 Å². The van der Waals surface area contributed by atoms with Crippen LogP contribution in [0.1, 0.15) is 38.5 Å². The Hall–Kier alpha value is 0.440. The summed E-state index contributed by atoms with van der Waals surface area (Å²) < 4.78 is 0.462. The summed E-state index contributed by atoms with van der Waals surface area (Å²) in [6.07, 6.45) is 7.51. The third-order valence-electron chi connectivity index (χ3n) is 3.65. The standard InChI is InChI=1S/C9H15BrO/c10-9-4-1-8(7-11,2-5-9)3-6-9/h11H,1-7H2. The molecule has 3 fully saturated rings. The van der Waals surface area contributed by atoms with Gasteiger partial charge in [0.25, 0.3) is 0 Å². The van der Waals surface area contributed by atoms with Crippen molar-refractivity contribution in [2.24, 2.45) is 5.41 Å². The lowest BCUT2D eigenvalue weighted by molar-refractivity contribution is 0.0231. The van der Waals surface area contributed by atoms with Gasteiger partial charge in [0.15, 0.2) is 0 Å². The highest BCUT2D eigenvalue weighted by Crippen LogP contribution is 2.55. The molecule has 0 aromatic carbocycles. The Bertz CT molecular complexity index is 142. The van der Waals surface area contributed by atoms with E-state index in [9.17, 15) is 5.11 Å². The molecule has 3 aliphatic carbocycles. The highest BCUT2D eigenvalue weighted by Gasteiger charge is 2.46. The maximum atomic E-state index is 9.23. The van der Waals surface area contributed by atoms with Crippen molar-refractivity contribution in [2.45, 2.75) is 42.8 Å². The summed E-state index contributed by atoms with van der Waals surface area (Å²) in [5.41, 5.74) is 0.329. The lowest BCUT2D eigenvalue weighted by atomic mass is 9.61. The zero-order valence-electron chi connectivity index (χ0n) is 6.77. The van der Waals surface area contributed by atoms with Gasteiger partial charge in [-0.25, -0.2) is 0 Å². The average Bonchev–Trinajstić information content (AvgIpc) is 2.07. The van der Waals surface area contributed by atoms with Gasteiger partial charge < -0.3 is 5.11 Å². The van der Waals surface area contributed by atoms with E-state index in [0.29, 0.717) is 16.3 Å². The number of rotatable bonds is 1. The van der Waals surface area contributed by atoms with Gasteiger partial charge in [0.05, 0.1) is 0 Å². The van der Waals surface area contributed by atoms with Gasteiger partial charge in [0.2, 0.25) is 0 Å². The smallest absolute Gasteiger partial charge is 0.0487 e. The SMILES string of the molecule is OCC12CCC(Br)(CC1)CC2. The Morgan fingerprint density at radius 3 is 1.82 bits per heavy atom. The van der Waals surface area contributed by atoms with Crippen molar-refractivity contribution in [3.05, 3.63) is 0 Å². The second-order valence-electron chi connectivity index (χ2n) is 4.31. The van der Waals surface area contributed by atoms with Crippen LogP contribution < -0.4 is 0 Å². The number of fused-ring (bicyclic) bond motifs is 3. The van der Waals surface area contributed by atoms with Gasteiger partial charge in [0.1, 0.15) is 0 Å². The van der Waals surface area contributed by atoms with E-state index < -0.39 is 0 Å². The van der Waals surface area contributed by atoms with Crippen LogP contribution in [0.5, 0.6) is 0 Å². The third-order valence-corrected chi connectivity index (χ3v) is 4.84. The predicted molar refractivity (Wildman–Crippen MR) is 48.9 cm³/mol. The molecule has 64 valence electrons. The van der Waals surface area contributed by atoms with Crippen molar-refractivity contribution in [1.29, 1.82) is 0 Å². The van der Waals surface area contributed by atoms with E-state index in [4.69, 9.17) is 0 Å². The Balaban J connectivity index is 2.12. The van der Waals surface area contributed by atoms with E-state index >= 15 is 0 Å². The molecule has 1 N–H and O–H groups in total. The fraction of sp³-hybridized carbons (Fsp3) is 1.00. The lowest BCUT2D eigenvalue weighted by Crippen LogP contribution is -2.44. The van der Waals surface area contributed by atoms with E-state index in [1.807, 2.05) is 0 Å². The molecule has 0 amide bonds. The molecule has 11 heavy (non-hydrogen) atoms. The zero-order chi connectivity index (χ0) is 7.95. The van der Waals surface area contributed by atoms with Gasteiger partial charge in [-0.3, -0.25) is 0 Å². The molecular weight excluding hydrogens is 204 g/mol. The molecule has 3 saturated carbocycles. The van der Waals surface area contributed by atoms with Crippen LogP contribution in [0.3, 0.4) is 0 Å². The van der Waals surface area contributed by atoms with Gasteiger partial charge in [-0.2, -0.15) is 0 Å². The first-order valence-corrected chi connectivity index (χ1v) is 5.27. The molecule has 3 aliphatic rings. The molecule has 2 bridgehead atoms. The van der Waals surface area contributed by atoms with Crippen molar-refractivity contribution < 1.29 is 5.11 Å². The number of hydrogen-bond donors (Lipinski definition) is 1. The summed E-state index contributed by atoms with van der Waals surface area (Å²) in [5.74, 6) is 0. The quantitative estimate of drug-likeness (QED) is 0.671. The minimum Gasteiger partial charge on any atom is -0.396 e. The largest absolute Gasteiger partial charge is 0.396 e. The maximum absolute atomic E-state index is 9.23. The van der Waals surface area contributed by atoms with Gasteiger partial charge in [0, 0.05) is 10.9 Å². The third kappa shape index (κ3) is 1.25. The Morgan fingerprint density at radius 2 is 1.45 bits per heavy atom. The maximum Gasteiger partial charge on any atom is 0.0487 e. The van der Waals surface area contributed by atoms with Crippen LogP contribution in [-0.4, -0.2) is 16.0 Å². The predicted octanol–water partition coefficient (Wildman–Crippen LogP) is 2.47. The molecule has 0 atom stereocenters. The van der Waals surface area contributed by atoms with Crippen LogP contribution in [0, 0.1) is 5.41 Å². The van der Waals surface area contributed by atoms with Gasteiger partial charge >= 0.3 is 0 Å².